The Labute approximate surface area is 83.2 Å². The van der Waals surface area contributed by atoms with Crippen molar-refractivity contribution in [1.29, 1.82) is 0 Å². The molecular weight excluding hydrogens is 184 g/mol. The van der Waals surface area contributed by atoms with Crippen LogP contribution in [-0.4, -0.2) is 37.1 Å². The van der Waals surface area contributed by atoms with Gasteiger partial charge in [-0.3, -0.25) is 20.2 Å². The maximum absolute atomic E-state index is 11.5. The van der Waals surface area contributed by atoms with Crippen molar-refractivity contribution in [3.8, 4) is 0 Å². The fourth-order valence-electron chi connectivity index (χ4n) is 1.54. The standard InChI is InChI=1S/C9H16N2O3/c1-4-6-7(12)10-8(13)9(2,11-6)5-14-3/h6,11H,4-5H2,1-3H3,(H,10,12,13). The van der Waals surface area contributed by atoms with E-state index in [-0.39, 0.29) is 24.5 Å². The molecule has 0 aromatic rings. The normalized spacial score (nSPS) is 32.9. The van der Waals surface area contributed by atoms with Crippen molar-refractivity contribution in [2.75, 3.05) is 13.7 Å². The lowest BCUT2D eigenvalue weighted by Crippen LogP contribution is -2.69. The zero-order valence-electron chi connectivity index (χ0n) is 8.72. The van der Waals surface area contributed by atoms with Crippen LogP contribution < -0.4 is 10.6 Å². The van der Waals surface area contributed by atoms with Gasteiger partial charge in [-0.05, 0) is 13.3 Å². The smallest absolute Gasteiger partial charge is 0.249 e. The van der Waals surface area contributed by atoms with Crippen molar-refractivity contribution in [1.82, 2.24) is 10.6 Å². The van der Waals surface area contributed by atoms with Crippen LogP contribution in [0.3, 0.4) is 0 Å². The monoisotopic (exact) mass is 200 g/mol. The van der Waals surface area contributed by atoms with Gasteiger partial charge in [-0.1, -0.05) is 6.92 Å². The van der Waals surface area contributed by atoms with Crippen LogP contribution in [0.15, 0.2) is 0 Å². The van der Waals surface area contributed by atoms with Crippen molar-refractivity contribution < 1.29 is 14.3 Å². The third kappa shape index (κ3) is 1.93. The van der Waals surface area contributed by atoms with Crippen molar-refractivity contribution in [3.63, 3.8) is 0 Å². The number of amides is 2. The Balaban J connectivity index is 2.78. The van der Waals surface area contributed by atoms with E-state index in [0.717, 1.165) is 0 Å². The molecule has 0 spiro atoms. The van der Waals surface area contributed by atoms with Crippen LogP contribution in [0.4, 0.5) is 0 Å². The molecular formula is C9H16N2O3. The highest BCUT2D eigenvalue weighted by Crippen LogP contribution is 2.12. The van der Waals surface area contributed by atoms with Crippen LogP contribution in [0.2, 0.25) is 0 Å². The number of carbonyl (C=O) groups excluding carboxylic acids is 2. The van der Waals surface area contributed by atoms with E-state index >= 15 is 0 Å². The Morgan fingerprint density at radius 3 is 2.64 bits per heavy atom. The summed E-state index contributed by atoms with van der Waals surface area (Å²) in [6, 6.07) is -0.312. The average molecular weight is 200 g/mol. The first kappa shape index (κ1) is 11.1. The topological polar surface area (TPSA) is 67.4 Å². The van der Waals surface area contributed by atoms with E-state index in [4.69, 9.17) is 4.74 Å². The molecule has 1 saturated heterocycles. The number of nitrogens with one attached hydrogen (secondary N) is 2. The number of methoxy groups -OCH3 is 1. The highest BCUT2D eigenvalue weighted by molar-refractivity contribution is 6.04. The van der Waals surface area contributed by atoms with Gasteiger partial charge in [-0.2, -0.15) is 0 Å². The number of piperazine rings is 1. The quantitative estimate of drug-likeness (QED) is 0.598. The fourth-order valence-corrected chi connectivity index (χ4v) is 1.54. The van der Waals surface area contributed by atoms with E-state index in [1.54, 1.807) is 6.92 Å². The summed E-state index contributed by atoms with van der Waals surface area (Å²) in [5.74, 6) is -0.583. The van der Waals surface area contributed by atoms with Crippen molar-refractivity contribution in [2.24, 2.45) is 0 Å². The SMILES string of the molecule is CCC1NC(C)(COC)C(=O)NC1=O. The Morgan fingerprint density at radius 1 is 1.50 bits per heavy atom. The van der Waals surface area contributed by atoms with Gasteiger partial charge in [0.2, 0.25) is 11.8 Å². The van der Waals surface area contributed by atoms with E-state index in [9.17, 15) is 9.59 Å². The number of carbonyl (C=O) groups is 2. The van der Waals surface area contributed by atoms with E-state index in [2.05, 4.69) is 10.6 Å². The maximum Gasteiger partial charge on any atom is 0.249 e. The summed E-state index contributed by atoms with van der Waals surface area (Å²) in [4.78, 5) is 22.8. The first-order valence-electron chi connectivity index (χ1n) is 4.65. The van der Waals surface area contributed by atoms with Gasteiger partial charge in [-0.15, -0.1) is 0 Å². The van der Waals surface area contributed by atoms with E-state index in [0.29, 0.717) is 6.42 Å². The van der Waals surface area contributed by atoms with Crippen LogP contribution in [-0.2, 0) is 14.3 Å². The van der Waals surface area contributed by atoms with Crippen LogP contribution in [0.25, 0.3) is 0 Å². The maximum atomic E-state index is 11.5. The Bertz CT molecular complexity index is 254. The fraction of sp³-hybridized carbons (Fsp3) is 0.778. The van der Waals surface area contributed by atoms with Gasteiger partial charge in [0.25, 0.3) is 0 Å². The number of hydrogen-bond acceptors (Lipinski definition) is 4. The van der Waals surface area contributed by atoms with Gasteiger partial charge >= 0.3 is 0 Å². The third-order valence-corrected chi connectivity index (χ3v) is 2.39. The highest BCUT2D eigenvalue weighted by Gasteiger charge is 2.42. The minimum absolute atomic E-state index is 0.253. The van der Waals surface area contributed by atoms with Crippen LogP contribution in [0, 0.1) is 0 Å². The first-order chi connectivity index (χ1) is 6.53. The Morgan fingerprint density at radius 2 is 2.14 bits per heavy atom. The molecule has 14 heavy (non-hydrogen) atoms. The van der Waals surface area contributed by atoms with Crippen LogP contribution in [0.1, 0.15) is 20.3 Å². The molecule has 0 bridgehead atoms. The van der Waals surface area contributed by atoms with Gasteiger partial charge in [0.15, 0.2) is 0 Å². The van der Waals surface area contributed by atoms with Crippen LogP contribution in [0.5, 0.6) is 0 Å². The molecule has 80 valence electrons. The lowest BCUT2D eigenvalue weighted by Gasteiger charge is -2.36. The molecule has 0 radical (unpaired) electrons. The molecule has 2 unspecified atom stereocenters. The highest BCUT2D eigenvalue weighted by atomic mass is 16.5. The van der Waals surface area contributed by atoms with Crippen LogP contribution >= 0.6 is 0 Å². The van der Waals surface area contributed by atoms with Crippen molar-refractivity contribution in [3.05, 3.63) is 0 Å². The lowest BCUT2D eigenvalue weighted by molar-refractivity contribution is -0.142. The number of ether oxygens (including phenoxy) is 1. The Hall–Kier alpha value is -0.940. The van der Waals surface area contributed by atoms with Gasteiger partial charge in [0, 0.05) is 7.11 Å². The summed E-state index contributed by atoms with van der Waals surface area (Å²) in [6.07, 6.45) is 0.651. The predicted octanol–water partition coefficient (Wildman–Crippen LogP) is -0.584. The summed E-state index contributed by atoms with van der Waals surface area (Å²) in [5.41, 5.74) is -0.802. The third-order valence-electron chi connectivity index (χ3n) is 2.39. The second-order valence-electron chi connectivity index (χ2n) is 3.69. The zero-order chi connectivity index (χ0) is 10.8. The average Bonchev–Trinajstić information content (AvgIpc) is 2.12. The largest absolute Gasteiger partial charge is 0.382 e. The first-order valence-corrected chi connectivity index (χ1v) is 4.65. The number of rotatable bonds is 3. The molecule has 2 atom stereocenters. The van der Waals surface area contributed by atoms with Gasteiger partial charge in [0.05, 0.1) is 12.6 Å². The molecule has 0 aromatic carbocycles. The molecule has 1 aliphatic rings. The molecule has 5 nitrogen and oxygen atoms in total. The molecule has 1 fully saturated rings. The molecule has 1 aliphatic heterocycles. The minimum Gasteiger partial charge on any atom is -0.382 e. The molecule has 0 aromatic heterocycles. The molecule has 2 amide bonds. The molecule has 0 saturated carbocycles. The van der Waals surface area contributed by atoms with E-state index < -0.39 is 5.54 Å². The summed E-state index contributed by atoms with van der Waals surface area (Å²) in [6.45, 7) is 3.86. The van der Waals surface area contributed by atoms with E-state index in [1.165, 1.54) is 7.11 Å². The van der Waals surface area contributed by atoms with Gasteiger partial charge in [-0.25, -0.2) is 0 Å². The van der Waals surface area contributed by atoms with Crippen molar-refractivity contribution in [2.45, 2.75) is 31.8 Å². The zero-order valence-corrected chi connectivity index (χ0v) is 8.72. The minimum atomic E-state index is -0.802. The number of hydrogen-bond donors (Lipinski definition) is 2. The second-order valence-corrected chi connectivity index (χ2v) is 3.69. The summed E-state index contributed by atoms with van der Waals surface area (Å²) >= 11 is 0. The summed E-state index contributed by atoms with van der Waals surface area (Å²) in [5, 5.41) is 5.33. The molecule has 0 aliphatic carbocycles. The van der Waals surface area contributed by atoms with Gasteiger partial charge < -0.3 is 4.74 Å². The Kier molecular flexibility index (Phi) is 3.23. The second kappa shape index (κ2) is 4.06. The molecule has 5 heteroatoms. The van der Waals surface area contributed by atoms with E-state index in [1.807, 2.05) is 6.92 Å². The summed E-state index contributed by atoms with van der Waals surface area (Å²) < 4.78 is 4.95. The molecule has 1 rings (SSSR count). The predicted molar refractivity (Wildman–Crippen MR) is 50.6 cm³/mol. The molecule has 2 N–H and O–H groups in total. The number of imide groups is 1. The van der Waals surface area contributed by atoms with Crippen molar-refractivity contribution >= 4 is 11.8 Å². The summed E-state index contributed by atoms with van der Waals surface area (Å²) in [7, 11) is 1.53. The molecule has 1 heterocycles. The van der Waals surface area contributed by atoms with Gasteiger partial charge in [0.1, 0.15) is 5.54 Å². The lowest BCUT2D eigenvalue weighted by atomic mass is 9.96.